The lowest BCUT2D eigenvalue weighted by Gasteiger charge is -2.25. The lowest BCUT2D eigenvalue weighted by molar-refractivity contribution is 0.0962. The average molecular weight is 386 g/mol. The number of Topliss-reactive ketones (excluding diaryl/α,β-unsaturated/α-hetero) is 1. The number of carbonyl (C=O) groups excluding carboxylic acids is 1. The quantitative estimate of drug-likeness (QED) is 0.662. The topological polar surface area (TPSA) is 54.9 Å². The highest BCUT2D eigenvalue weighted by Gasteiger charge is 2.28. The first kappa shape index (κ1) is 19.3. The third-order valence-electron chi connectivity index (χ3n) is 5.58. The minimum atomic E-state index is 0.125. The van der Waals surface area contributed by atoms with Crippen LogP contribution in [-0.4, -0.2) is 15.8 Å². The predicted molar refractivity (Wildman–Crippen MR) is 116 cm³/mol. The van der Waals surface area contributed by atoms with Crippen molar-refractivity contribution in [1.82, 2.24) is 9.97 Å². The van der Waals surface area contributed by atoms with E-state index in [9.17, 15) is 4.79 Å². The molecule has 0 unspecified atom stereocenters. The van der Waals surface area contributed by atoms with E-state index in [1.165, 1.54) is 16.7 Å². The highest BCUT2D eigenvalue weighted by Crippen LogP contribution is 2.33. The fourth-order valence-corrected chi connectivity index (χ4v) is 3.80. The molecule has 29 heavy (non-hydrogen) atoms. The van der Waals surface area contributed by atoms with Crippen LogP contribution in [0.1, 0.15) is 65.9 Å². The van der Waals surface area contributed by atoms with Gasteiger partial charge in [0.1, 0.15) is 0 Å². The standard InChI is InChI=1S/C25H27N3O/c1-25(2,3)20-11-9-18(10-12-20)19-13-22-21(23(29)14-19)16-27-24(28-22)26-15-17-7-5-4-6-8-17/h4-12,16,19H,13-15H2,1-3H3,(H,26,27,28)/t19-/m1/s1. The molecule has 4 heteroatoms. The lowest BCUT2D eigenvalue weighted by atomic mass is 9.80. The van der Waals surface area contributed by atoms with E-state index < -0.39 is 0 Å². The fourth-order valence-electron chi connectivity index (χ4n) is 3.80. The van der Waals surface area contributed by atoms with Crippen LogP contribution in [0.25, 0.3) is 0 Å². The summed E-state index contributed by atoms with van der Waals surface area (Å²) >= 11 is 0. The molecule has 0 fully saturated rings. The second-order valence-electron chi connectivity index (χ2n) is 8.79. The molecule has 0 saturated heterocycles. The van der Waals surface area contributed by atoms with Crippen LogP contribution in [0.4, 0.5) is 5.95 Å². The van der Waals surface area contributed by atoms with E-state index in [0.717, 1.165) is 12.1 Å². The Bertz CT molecular complexity index is 1000. The third kappa shape index (κ3) is 4.37. The lowest BCUT2D eigenvalue weighted by Crippen LogP contribution is -2.21. The molecule has 0 spiro atoms. The van der Waals surface area contributed by atoms with Crippen LogP contribution in [0.2, 0.25) is 0 Å². The summed E-state index contributed by atoms with van der Waals surface area (Å²) in [4.78, 5) is 21.7. The summed E-state index contributed by atoms with van der Waals surface area (Å²) in [5.41, 5.74) is 5.31. The van der Waals surface area contributed by atoms with Crippen molar-refractivity contribution in [3.05, 3.63) is 88.7 Å². The monoisotopic (exact) mass is 385 g/mol. The molecule has 4 rings (SSSR count). The van der Waals surface area contributed by atoms with Gasteiger partial charge in [0, 0.05) is 19.2 Å². The van der Waals surface area contributed by atoms with Gasteiger partial charge < -0.3 is 5.32 Å². The number of nitrogens with one attached hydrogen (secondary N) is 1. The van der Waals surface area contributed by atoms with Crippen LogP contribution < -0.4 is 5.32 Å². The summed E-state index contributed by atoms with van der Waals surface area (Å²) in [7, 11) is 0. The zero-order chi connectivity index (χ0) is 20.4. The van der Waals surface area contributed by atoms with Crippen molar-refractivity contribution in [2.24, 2.45) is 0 Å². The minimum Gasteiger partial charge on any atom is -0.350 e. The molecule has 4 nitrogen and oxygen atoms in total. The molecule has 1 N–H and O–H groups in total. The smallest absolute Gasteiger partial charge is 0.223 e. The summed E-state index contributed by atoms with van der Waals surface area (Å²) in [5.74, 6) is 0.871. The van der Waals surface area contributed by atoms with Gasteiger partial charge in [0.25, 0.3) is 0 Å². The Kier molecular flexibility index (Phi) is 5.18. The summed E-state index contributed by atoms with van der Waals surface area (Å²) in [5, 5.41) is 3.27. The van der Waals surface area contributed by atoms with Crippen molar-refractivity contribution in [3.63, 3.8) is 0 Å². The maximum Gasteiger partial charge on any atom is 0.223 e. The van der Waals surface area contributed by atoms with Crippen LogP contribution in [0.3, 0.4) is 0 Å². The van der Waals surface area contributed by atoms with Gasteiger partial charge >= 0.3 is 0 Å². The molecule has 0 radical (unpaired) electrons. The molecule has 1 atom stereocenters. The Morgan fingerprint density at radius 2 is 1.72 bits per heavy atom. The Labute approximate surface area is 172 Å². The number of ketones is 1. The van der Waals surface area contributed by atoms with E-state index in [1.807, 2.05) is 18.2 Å². The number of benzene rings is 2. The second kappa shape index (κ2) is 7.78. The zero-order valence-corrected chi connectivity index (χ0v) is 17.3. The van der Waals surface area contributed by atoms with E-state index in [4.69, 9.17) is 0 Å². The first-order chi connectivity index (χ1) is 13.9. The van der Waals surface area contributed by atoms with Gasteiger partial charge in [-0.05, 0) is 34.4 Å². The normalized spacial score (nSPS) is 16.4. The Balaban J connectivity index is 1.52. The minimum absolute atomic E-state index is 0.125. The molecule has 1 aliphatic rings. The van der Waals surface area contributed by atoms with Gasteiger partial charge in [-0.25, -0.2) is 9.97 Å². The SMILES string of the molecule is CC(C)(C)c1ccc([C@H]2CC(=O)c3cnc(NCc4ccccc4)nc3C2)cc1. The zero-order valence-electron chi connectivity index (χ0n) is 17.3. The molecule has 0 aliphatic heterocycles. The largest absolute Gasteiger partial charge is 0.350 e. The van der Waals surface area contributed by atoms with Crippen molar-refractivity contribution in [2.45, 2.75) is 51.5 Å². The Morgan fingerprint density at radius 3 is 2.41 bits per heavy atom. The summed E-state index contributed by atoms with van der Waals surface area (Å²) in [6.07, 6.45) is 2.96. The molecular weight excluding hydrogens is 358 g/mol. The molecule has 2 aromatic carbocycles. The van der Waals surface area contributed by atoms with Crippen LogP contribution in [0.5, 0.6) is 0 Å². The highest BCUT2D eigenvalue weighted by molar-refractivity contribution is 5.98. The number of hydrogen-bond donors (Lipinski definition) is 1. The third-order valence-corrected chi connectivity index (χ3v) is 5.58. The summed E-state index contributed by atoms with van der Waals surface area (Å²) < 4.78 is 0. The van der Waals surface area contributed by atoms with Crippen molar-refractivity contribution in [2.75, 3.05) is 5.32 Å². The number of anilines is 1. The Hall–Kier alpha value is -3.01. The van der Waals surface area contributed by atoms with Gasteiger partial charge in [0.2, 0.25) is 5.95 Å². The average Bonchev–Trinajstić information content (AvgIpc) is 2.72. The Morgan fingerprint density at radius 1 is 1.00 bits per heavy atom. The van der Waals surface area contributed by atoms with Crippen LogP contribution >= 0.6 is 0 Å². The van der Waals surface area contributed by atoms with Crippen molar-refractivity contribution >= 4 is 11.7 Å². The van der Waals surface area contributed by atoms with E-state index in [-0.39, 0.29) is 17.1 Å². The van der Waals surface area contributed by atoms with Crippen molar-refractivity contribution < 1.29 is 4.79 Å². The van der Waals surface area contributed by atoms with Crippen LogP contribution in [-0.2, 0) is 18.4 Å². The maximum absolute atomic E-state index is 12.7. The van der Waals surface area contributed by atoms with Gasteiger partial charge in [-0.15, -0.1) is 0 Å². The van der Waals surface area contributed by atoms with Gasteiger partial charge in [-0.1, -0.05) is 75.4 Å². The van der Waals surface area contributed by atoms with E-state index in [1.54, 1.807) is 6.20 Å². The summed E-state index contributed by atoms with van der Waals surface area (Å²) in [6, 6.07) is 18.8. The molecule has 0 saturated carbocycles. The van der Waals surface area contributed by atoms with Crippen LogP contribution in [0, 0.1) is 0 Å². The molecule has 0 amide bonds. The number of nitrogens with zero attached hydrogens (tertiary/aromatic N) is 2. The molecule has 148 valence electrons. The molecular formula is C25H27N3O. The number of fused-ring (bicyclic) bond motifs is 1. The first-order valence-electron chi connectivity index (χ1n) is 10.2. The molecule has 3 aromatic rings. The number of carbonyl (C=O) groups is 1. The van der Waals surface area contributed by atoms with Crippen molar-refractivity contribution in [1.29, 1.82) is 0 Å². The molecule has 1 aromatic heterocycles. The van der Waals surface area contributed by atoms with Crippen LogP contribution in [0.15, 0.2) is 60.8 Å². The predicted octanol–water partition coefficient (Wildman–Crippen LogP) is 5.30. The van der Waals surface area contributed by atoms with Gasteiger partial charge in [-0.3, -0.25) is 4.79 Å². The second-order valence-corrected chi connectivity index (χ2v) is 8.79. The van der Waals surface area contributed by atoms with E-state index >= 15 is 0 Å². The fraction of sp³-hybridized carbons (Fsp3) is 0.320. The van der Waals surface area contributed by atoms with Crippen molar-refractivity contribution in [3.8, 4) is 0 Å². The summed E-state index contributed by atoms with van der Waals surface area (Å²) in [6.45, 7) is 7.29. The number of rotatable bonds is 4. The molecule has 1 aliphatic carbocycles. The van der Waals surface area contributed by atoms with Gasteiger partial charge in [-0.2, -0.15) is 0 Å². The first-order valence-corrected chi connectivity index (χ1v) is 10.2. The van der Waals surface area contributed by atoms with Gasteiger partial charge in [0.05, 0.1) is 11.3 Å². The molecule has 1 heterocycles. The van der Waals surface area contributed by atoms with E-state index in [0.29, 0.717) is 24.5 Å². The number of aromatic nitrogens is 2. The molecule has 0 bridgehead atoms. The van der Waals surface area contributed by atoms with Gasteiger partial charge in [0.15, 0.2) is 5.78 Å². The van der Waals surface area contributed by atoms with E-state index in [2.05, 4.69) is 72.5 Å². The highest BCUT2D eigenvalue weighted by atomic mass is 16.1. The number of hydrogen-bond acceptors (Lipinski definition) is 4. The maximum atomic E-state index is 12.7.